The Kier molecular flexibility index (Phi) is 6.85. The van der Waals surface area contributed by atoms with Gasteiger partial charge in [-0.15, -0.1) is 11.3 Å². The van der Waals surface area contributed by atoms with Crippen molar-refractivity contribution in [1.82, 2.24) is 15.6 Å². The molecule has 0 saturated heterocycles. The number of carbonyl (C=O) groups excluding carboxylic acids is 2. The number of amides is 2. The lowest BCUT2D eigenvalue weighted by Gasteiger charge is -2.18. The van der Waals surface area contributed by atoms with E-state index in [0.717, 1.165) is 11.1 Å². The first-order valence-corrected chi connectivity index (χ1v) is 9.01. The molecule has 0 saturated carbocycles. The normalized spacial score (nSPS) is 11.6. The van der Waals surface area contributed by atoms with E-state index in [1.807, 2.05) is 31.2 Å². The van der Waals surface area contributed by atoms with Crippen LogP contribution in [0.4, 0.5) is 0 Å². The van der Waals surface area contributed by atoms with Crippen molar-refractivity contribution in [3.05, 3.63) is 51.5 Å². The van der Waals surface area contributed by atoms with Gasteiger partial charge < -0.3 is 15.7 Å². The van der Waals surface area contributed by atoms with E-state index in [4.69, 9.17) is 5.11 Å². The molecule has 0 radical (unpaired) electrons. The third-order valence-electron chi connectivity index (χ3n) is 3.68. The molecular formula is C18H21N3O4S. The standard InChI is InChI=1S/C18H21N3O4S/c1-11-3-5-13(6-4-11)14(20-12(2)22)9-16(23)19-8-7-17-21-15(10-26-17)18(24)25/h3-6,10,14H,7-9H2,1-2H3,(H,19,23)(H,20,22)(H,24,25). The van der Waals surface area contributed by atoms with E-state index in [1.54, 1.807) is 0 Å². The van der Waals surface area contributed by atoms with Crippen LogP contribution >= 0.6 is 11.3 Å². The molecule has 1 aromatic carbocycles. The smallest absolute Gasteiger partial charge is 0.355 e. The maximum absolute atomic E-state index is 12.2. The van der Waals surface area contributed by atoms with Gasteiger partial charge in [-0.2, -0.15) is 0 Å². The van der Waals surface area contributed by atoms with Crippen molar-refractivity contribution in [2.24, 2.45) is 0 Å². The molecule has 7 nitrogen and oxygen atoms in total. The molecule has 26 heavy (non-hydrogen) atoms. The molecule has 1 atom stereocenters. The fourth-order valence-corrected chi connectivity index (χ4v) is 3.16. The summed E-state index contributed by atoms with van der Waals surface area (Å²) < 4.78 is 0. The molecule has 2 rings (SSSR count). The largest absolute Gasteiger partial charge is 0.476 e. The van der Waals surface area contributed by atoms with Gasteiger partial charge in [0.1, 0.15) is 0 Å². The molecule has 1 heterocycles. The maximum Gasteiger partial charge on any atom is 0.355 e. The predicted molar refractivity (Wildman–Crippen MR) is 98.1 cm³/mol. The Balaban J connectivity index is 1.88. The third kappa shape index (κ3) is 5.96. The van der Waals surface area contributed by atoms with Crippen LogP contribution in [0.1, 0.15) is 46.0 Å². The molecule has 0 spiro atoms. The number of hydrogen-bond donors (Lipinski definition) is 3. The number of rotatable bonds is 8. The van der Waals surface area contributed by atoms with Gasteiger partial charge in [0, 0.05) is 25.3 Å². The number of aryl methyl sites for hydroxylation is 1. The van der Waals surface area contributed by atoms with Gasteiger partial charge in [-0.05, 0) is 12.5 Å². The van der Waals surface area contributed by atoms with E-state index in [0.29, 0.717) is 18.0 Å². The highest BCUT2D eigenvalue weighted by molar-refractivity contribution is 7.09. The van der Waals surface area contributed by atoms with Crippen molar-refractivity contribution in [2.45, 2.75) is 32.7 Å². The number of carbonyl (C=O) groups is 3. The zero-order chi connectivity index (χ0) is 19.1. The summed E-state index contributed by atoms with van der Waals surface area (Å²) in [4.78, 5) is 38.4. The Morgan fingerprint density at radius 2 is 1.92 bits per heavy atom. The predicted octanol–water partition coefficient (Wildman–Crippen LogP) is 2.08. The van der Waals surface area contributed by atoms with Crippen LogP contribution in [0, 0.1) is 6.92 Å². The molecule has 138 valence electrons. The average molecular weight is 375 g/mol. The summed E-state index contributed by atoms with van der Waals surface area (Å²) in [7, 11) is 0. The van der Waals surface area contributed by atoms with Gasteiger partial charge in [0.05, 0.1) is 17.5 Å². The lowest BCUT2D eigenvalue weighted by molar-refractivity contribution is -0.122. The number of benzene rings is 1. The molecule has 8 heteroatoms. The van der Waals surface area contributed by atoms with E-state index in [9.17, 15) is 14.4 Å². The second kappa shape index (κ2) is 9.10. The van der Waals surface area contributed by atoms with Crippen molar-refractivity contribution in [2.75, 3.05) is 6.54 Å². The van der Waals surface area contributed by atoms with Crippen molar-refractivity contribution in [1.29, 1.82) is 0 Å². The van der Waals surface area contributed by atoms with Crippen molar-refractivity contribution in [3.63, 3.8) is 0 Å². The molecular weight excluding hydrogens is 354 g/mol. The summed E-state index contributed by atoms with van der Waals surface area (Å²) >= 11 is 1.25. The number of carboxylic acid groups (broad SMARTS) is 1. The first-order chi connectivity index (χ1) is 12.3. The SMILES string of the molecule is CC(=O)NC(CC(=O)NCCc1nc(C(=O)O)cs1)c1ccc(C)cc1. The molecule has 1 aromatic heterocycles. The number of carboxylic acids is 1. The lowest BCUT2D eigenvalue weighted by Crippen LogP contribution is -2.33. The highest BCUT2D eigenvalue weighted by Gasteiger charge is 2.17. The summed E-state index contributed by atoms with van der Waals surface area (Å²) in [6.45, 7) is 3.74. The van der Waals surface area contributed by atoms with Crippen LogP contribution in [0.5, 0.6) is 0 Å². The fraction of sp³-hybridized carbons (Fsp3) is 0.333. The number of aromatic carboxylic acids is 1. The molecule has 2 amide bonds. The zero-order valence-electron chi connectivity index (χ0n) is 14.6. The lowest BCUT2D eigenvalue weighted by atomic mass is 10.0. The number of nitrogens with zero attached hydrogens (tertiary/aromatic N) is 1. The number of thiazole rings is 1. The monoisotopic (exact) mass is 375 g/mol. The first kappa shape index (κ1) is 19.6. The first-order valence-electron chi connectivity index (χ1n) is 8.13. The summed E-state index contributed by atoms with van der Waals surface area (Å²) in [6, 6.07) is 7.26. The summed E-state index contributed by atoms with van der Waals surface area (Å²) in [5, 5.41) is 16.6. The van der Waals surface area contributed by atoms with Crippen LogP contribution in [-0.2, 0) is 16.0 Å². The van der Waals surface area contributed by atoms with Gasteiger partial charge in [0.25, 0.3) is 0 Å². The Morgan fingerprint density at radius 1 is 1.23 bits per heavy atom. The van der Waals surface area contributed by atoms with Crippen LogP contribution < -0.4 is 10.6 Å². The fourth-order valence-electron chi connectivity index (χ4n) is 2.39. The minimum atomic E-state index is -1.06. The minimum absolute atomic E-state index is 0.0152. The zero-order valence-corrected chi connectivity index (χ0v) is 15.4. The Labute approximate surface area is 155 Å². The maximum atomic E-state index is 12.2. The summed E-state index contributed by atoms with van der Waals surface area (Å²) in [5.41, 5.74) is 1.98. The van der Waals surface area contributed by atoms with E-state index in [2.05, 4.69) is 15.6 Å². The van der Waals surface area contributed by atoms with Gasteiger partial charge in [-0.1, -0.05) is 29.8 Å². The van der Waals surface area contributed by atoms with Crippen molar-refractivity contribution in [3.8, 4) is 0 Å². The Hall–Kier alpha value is -2.74. The van der Waals surface area contributed by atoms with Gasteiger partial charge in [-0.25, -0.2) is 9.78 Å². The van der Waals surface area contributed by atoms with E-state index >= 15 is 0 Å². The molecule has 0 bridgehead atoms. The van der Waals surface area contributed by atoms with Gasteiger partial charge in [-0.3, -0.25) is 9.59 Å². The summed E-state index contributed by atoms with van der Waals surface area (Å²) in [6.07, 6.45) is 0.583. The van der Waals surface area contributed by atoms with E-state index in [1.165, 1.54) is 23.6 Å². The quantitative estimate of drug-likeness (QED) is 0.655. The molecule has 2 aromatic rings. The van der Waals surface area contributed by atoms with Crippen molar-refractivity contribution >= 4 is 29.1 Å². The topological polar surface area (TPSA) is 108 Å². The molecule has 0 aliphatic rings. The summed E-state index contributed by atoms with van der Waals surface area (Å²) in [5.74, 6) is -1.46. The second-order valence-electron chi connectivity index (χ2n) is 5.90. The molecule has 0 aliphatic carbocycles. The van der Waals surface area contributed by atoms with Crippen LogP contribution in [-0.4, -0.2) is 34.4 Å². The minimum Gasteiger partial charge on any atom is -0.476 e. The van der Waals surface area contributed by atoms with Crippen LogP contribution in [0.25, 0.3) is 0 Å². The molecule has 3 N–H and O–H groups in total. The molecule has 0 fully saturated rings. The van der Waals surface area contributed by atoms with E-state index in [-0.39, 0.29) is 23.9 Å². The number of aromatic nitrogens is 1. The molecule has 0 aliphatic heterocycles. The highest BCUT2D eigenvalue weighted by atomic mass is 32.1. The average Bonchev–Trinajstić information content (AvgIpc) is 3.04. The van der Waals surface area contributed by atoms with Crippen LogP contribution in [0.2, 0.25) is 0 Å². The van der Waals surface area contributed by atoms with Gasteiger partial charge >= 0.3 is 5.97 Å². The van der Waals surface area contributed by atoms with Crippen LogP contribution in [0.15, 0.2) is 29.6 Å². The number of nitrogens with one attached hydrogen (secondary N) is 2. The van der Waals surface area contributed by atoms with Crippen LogP contribution in [0.3, 0.4) is 0 Å². The Morgan fingerprint density at radius 3 is 2.50 bits per heavy atom. The highest BCUT2D eigenvalue weighted by Crippen LogP contribution is 2.17. The van der Waals surface area contributed by atoms with Gasteiger partial charge in [0.2, 0.25) is 11.8 Å². The number of hydrogen-bond acceptors (Lipinski definition) is 5. The van der Waals surface area contributed by atoms with Crippen molar-refractivity contribution < 1.29 is 19.5 Å². The van der Waals surface area contributed by atoms with E-state index < -0.39 is 12.0 Å². The molecule has 1 unspecified atom stereocenters. The second-order valence-corrected chi connectivity index (χ2v) is 6.84. The Bertz CT molecular complexity index is 786. The van der Waals surface area contributed by atoms with Gasteiger partial charge in [0.15, 0.2) is 5.69 Å². The third-order valence-corrected chi connectivity index (χ3v) is 4.59.